The third kappa shape index (κ3) is 6.39. The lowest BCUT2D eigenvalue weighted by atomic mass is 10.2. The van der Waals surface area contributed by atoms with E-state index in [-0.39, 0.29) is 6.54 Å². The Balaban J connectivity index is 4.12. The van der Waals surface area contributed by atoms with E-state index in [1.807, 2.05) is 0 Å². The SMILES string of the molecule is NCCC[C@@H](N)C(=O)OS(=O)(=O)CCN. The van der Waals surface area contributed by atoms with Crippen LogP contribution in [-0.2, 0) is 19.1 Å². The molecule has 0 aromatic heterocycles. The number of carbonyl (C=O) groups excluding carboxylic acids is 1. The van der Waals surface area contributed by atoms with Gasteiger partial charge in [-0.2, -0.15) is 8.42 Å². The van der Waals surface area contributed by atoms with Crippen LogP contribution < -0.4 is 17.2 Å². The molecule has 8 heteroatoms. The van der Waals surface area contributed by atoms with Gasteiger partial charge in [-0.05, 0) is 19.4 Å². The first-order valence-corrected chi connectivity index (χ1v) is 6.12. The molecule has 0 spiro atoms. The summed E-state index contributed by atoms with van der Waals surface area (Å²) in [5.74, 6) is -1.36. The zero-order valence-electron chi connectivity index (χ0n) is 8.39. The molecule has 1 atom stereocenters. The topological polar surface area (TPSA) is 138 Å². The normalized spacial score (nSPS) is 13.5. The first-order valence-electron chi connectivity index (χ1n) is 4.54. The molecule has 0 aromatic rings. The first kappa shape index (κ1) is 14.3. The van der Waals surface area contributed by atoms with Gasteiger partial charge in [0.15, 0.2) is 0 Å². The molecule has 0 rings (SSSR count). The van der Waals surface area contributed by atoms with Gasteiger partial charge in [0.05, 0.1) is 5.75 Å². The third-order valence-electron chi connectivity index (χ3n) is 1.60. The van der Waals surface area contributed by atoms with E-state index in [9.17, 15) is 13.2 Å². The molecule has 0 aliphatic carbocycles. The van der Waals surface area contributed by atoms with Crippen LogP contribution in [0.1, 0.15) is 12.8 Å². The molecule has 0 aliphatic rings. The van der Waals surface area contributed by atoms with Gasteiger partial charge in [-0.15, -0.1) is 0 Å². The summed E-state index contributed by atoms with van der Waals surface area (Å²) in [6.45, 7) is 0.282. The molecular weight excluding hydrogens is 222 g/mol. The highest BCUT2D eigenvalue weighted by Gasteiger charge is 2.21. The predicted octanol–water partition coefficient (Wildman–Crippen LogP) is -2.12. The molecule has 0 unspecified atom stereocenters. The van der Waals surface area contributed by atoms with Crippen LogP contribution in [0.3, 0.4) is 0 Å². The van der Waals surface area contributed by atoms with Gasteiger partial charge < -0.3 is 21.4 Å². The first-order chi connectivity index (χ1) is 6.93. The van der Waals surface area contributed by atoms with Crippen LogP contribution >= 0.6 is 0 Å². The third-order valence-corrected chi connectivity index (χ3v) is 2.75. The molecule has 0 fully saturated rings. The second kappa shape index (κ2) is 6.72. The molecule has 0 bridgehead atoms. The van der Waals surface area contributed by atoms with Crippen molar-refractivity contribution in [1.82, 2.24) is 0 Å². The van der Waals surface area contributed by atoms with E-state index in [0.717, 1.165) is 0 Å². The quantitative estimate of drug-likeness (QED) is 0.432. The van der Waals surface area contributed by atoms with Gasteiger partial charge in [-0.1, -0.05) is 0 Å². The van der Waals surface area contributed by atoms with Crippen LogP contribution in [-0.4, -0.2) is 39.3 Å². The summed E-state index contributed by atoms with van der Waals surface area (Å²) in [5.41, 5.74) is 15.6. The summed E-state index contributed by atoms with van der Waals surface area (Å²) in [6.07, 6.45) is 0.834. The number of rotatable bonds is 7. The predicted molar refractivity (Wildman–Crippen MR) is 55.2 cm³/mol. The lowest BCUT2D eigenvalue weighted by molar-refractivity contribution is -0.135. The van der Waals surface area contributed by atoms with Crippen LogP contribution in [0, 0.1) is 0 Å². The Kier molecular flexibility index (Phi) is 6.41. The Morgan fingerprint density at radius 3 is 2.33 bits per heavy atom. The molecule has 15 heavy (non-hydrogen) atoms. The van der Waals surface area contributed by atoms with E-state index in [4.69, 9.17) is 17.2 Å². The molecule has 0 aromatic carbocycles. The Morgan fingerprint density at radius 2 is 1.87 bits per heavy atom. The molecule has 7 nitrogen and oxygen atoms in total. The Morgan fingerprint density at radius 1 is 1.27 bits per heavy atom. The van der Waals surface area contributed by atoms with Crippen molar-refractivity contribution in [3.05, 3.63) is 0 Å². The highest BCUT2D eigenvalue weighted by Crippen LogP contribution is 2.00. The molecular formula is C7H17N3O4S. The van der Waals surface area contributed by atoms with Crippen molar-refractivity contribution >= 4 is 16.1 Å². The van der Waals surface area contributed by atoms with Crippen molar-refractivity contribution < 1.29 is 17.4 Å². The van der Waals surface area contributed by atoms with Gasteiger partial charge in [-0.3, -0.25) is 0 Å². The summed E-state index contributed by atoms with van der Waals surface area (Å²) in [4.78, 5) is 11.1. The van der Waals surface area contributed by atoms with Crippen LogP contribution in [0.15, 0.2) is 0 Å². The molecule has 0 heterocycles. The van der Waals surface area contributed by atoms with E-state index in [1.165, 1.54) is 0 Å². The fraction of sp³-hybridized carbons (Fsp3) is 0.857. The zero-order valence-corrected chi connectivity index (χ0v) is 9.20. The van der Waals surface area contributed by atoms with Gasteiger partial charge >= 0.3 is 16.1 Å². The van der Waals surface area contributed by atoms with Crippen LogP contribution in [0.25, 0.3) is 0 Å². The number of carbonyl (C=O) groups is 1. The molecule has 6 N–H and O–H groups in total. The summed E-state index contributed by atoms with van der Waals surface area (Å²) in [7, 11) is -3.89. The van der Waals surface area contributed by atoms with Gasteiger partial charge in [0.1, 0.15) is 6.04 Å². The molecule has 0 saturated heterocycles. The lowest BCUT2D eigenvalue weighted by Gasteiger charge is -2.10. The second-order valence-corrected chi connectivity index (χ2v) is 4.68. The fourth-order valence-electron chi connectivity index (χ4n) is 0.829. The van der Waals surface area contributed by atoms with Crippen LogP contribution in [0.4, 0.5) is 0 Å². The average Bonchev–Trinajstić information content (AvgIpc) is 2.13. The number of hydrogen-bond acceptors (Lipinski definition) is 7. The lowest BCUT2D eigenvalue weighted by Crippen LogP contribution is -2.35. The summed E-state index contributed by atoms with van der Waals surface area (Å²) < 4.78 is 26.3. The molecule has 0 aliphatic heterocycles. The Hall–Kier alpha value is -0.700. The minimum Gasteiger partial charge on any atom is -0.344 e. The maximum atomic E-state index is 11.1. The molecule has 90 valence electrons. The van der Waals surface area contributed by atoms with Crippen LogP contribution in [0.5, 0.6) is 0 Å². The van der Waals surface area contributed by atoms with E-state index < -0.39 is 27.9 Å². The summed E-state index contributed by atoms with van der Waals surface area (Å²) in [6, 6.07) is -0.957. The van der Waals surface area contributed by atoms with Gasteiger partial charge in [0.25, 0.3) is 0 Å². The Labute approximate surface area is 89.1 Å². The standard InChI is InChI=1S/C7H17N3O4S/c8-3-1-2-6(10)7(11)14-15(12,13)5-4-9/h6H,1-5,8-10H2/t6-/m1/s1. The van der Waals surface area contributed by atoms with Crippen molar-refractivity contribution in [1.29, 1.82) is 0 Å². The minimum absolute atomic E-state index is 0.104. The monoisotopic (exact) mass is 239 g/mol. The Bertz CT molecular complexity index is 291. The molecule has 0 amide bonds. The van der Waals surface area contributed by atoms with E-state index >= 15 is 0 Å². The van der Waals surface area contributed by atoms with Crippen molar-refractivity contribution in [2.24, 2.45) is 17.2 Å². The van der Waals surface area contributed by atoms with Crippen molar-refractivity contribution in [3.63, 3.8) is 0 Å². The minimum atomic E-state index is -3.89. The average molecular weight is 239 g/mol. The van der Waals surface area contributed by atoms with E-state index in [1.54, 1.807) is 0 Å². The smallest absolute Gasteiger partial charge is 0.338 e. The number of nitrogens with two attached hydrogens (primary N) is 3. The maximum absolute atomic E-state index is 11.1. The second-order valence-electron chi connectivity index (χ2n) is 2.99. The van der Waals surface area contributed by atoms with Crippen molar-refractivity contribution in [2.75, 3.05) is 18.8 Å². The summed E-state index contributed by atoms with van der Waals surface area (Å²) >= 11 is 0. The van der Waals surface area contributed by atoms with Gasteiger partial charge in [0.2, 0.25) is 0 Å². The highest BCUT2D eigenvalue weighted by molar-refractivity contribution is 7.87. The number of hydrogen-bond donors (Lipinski definition) is 3. The van der Waals surface area contributed by atoms with Gasteiger partial charge in [0, 0.05) is 6.54 Å². The highest BCUT2D eigenvalue weighted by atomic mass is 32.2. The molecule has 0 saturated carbocycles. The largest absolute Gasteiger partial charge is 0.344 e. The fourth-order valence-corrected chi connectivity index (χ4v) is 1.57. The summed E-state index contributed by atoms with van der Waals surface area (Å²) in [5, 5.41) is 0. The van der Waals surface area contributed by atoms with Crippen molar-refractivity contribution in [3.8, 4) is 0 Å². The van der Waals surface area contributed by atoms with E-state index in [0.29, 0.717) is 19.4 Å². The van der Waals surface area contributed by atoms with E-state index in [2.05, 4.69) is 4.18 Å². The van der Waals surface area contributed by atoms with Crippen molar-refractivity contribution in [2.45, 2.75) is 18.9 Å². The van der Waals surface area contributed by atoms with Gasteiger partial charge in [-0.25, -0.2) is 4.79 Å². The van der Waals surface area contributed by atoms with Crippen LogP contribution in [0.2, 0.25) is 0 Å². The molecule has 0 radical (unpaired) electrons. The maximum Gasteiger partial charge on any atom is 0.338 e. The zero-order chi connectivity index (χ0) is 11.9.